The average Bonchev–Trinajstić information content (AvgIpc) is 2.90. The van der Waals surface area contributed by atoms with Crippen molar-refractivity contribution in [3.8, 4) is 0 Å². The van der Waals surface area contributed by atoms with Gasteiger partial charge in [-0.15, -0.1) is 11.8 Å². The minimum Gasteiger partial charge on any atom is -0.399 e. The Morgan fingerprint density at radius 3 is 2.40 bits per heavy atom. The molecule has 1 aliphatic heterocycles. The summed E-state index contributed by atoms with van der Waals surface area (Å²) in [7, 11) is 0. The Bertz CT molecular complexity index is 969. The maximum absolute atomic E-state index is 12.8. The minimum absolute atomic E-state index is 0.159. The first kappa shape index (κ1) is 15.7. The fourth-order valence-electron chi connectivity index (χ4n) is 2.99. The van der Waals surface area contributed by atoms with Crippen LogP contribution in [0.1, 0.15) is 6.42 Å². The second-order valence-corrected chi connectivity index (χ2v) is 7.25. The lowest BCUT2D eigenvalue weighted by molar-refractivity contribution is -0.121. The Balaban J connectivity index is 1.60. The molecule has 4 nitrogen and oxygen atoms in total. The van der Waals surface area contributed by atoms with Crippen LogP contribution in [0.25, 0.3) is 10.8 Å². The number of fused-ring (bicyclic) bond motifs is 1. The normalized spacial score (nSPS) is 17.4. The van der Waals surface area contributed by atoms with Gasteiger partial charge in [0.15, 0.2) is 0 Å². The fraction of sp³-hybridized carbons (Fsp3) is 0.100. The van der Waals surface area contributed by atoms with Crippen molar-refractivity contribution >= 4 is 45.7 Å². The molecular weight excluding hydrogens is 332 g/mol. The first-order valence-electron chi connectivity index (χ1n) is 7.99. The number of nitrogen functional groups attached to an aromatic ring is 1. The van der Waals surface area contributed by atoms with Crippen molar-refractivity contribution in [3.63, 3.8) is 0 Å². The van der Waals surface area contributed by atoms with E-state index in [4.69, 9.17) is 5.73 Å². The van der Waals surface area contributed by atoms with E-state index in [9.17, 15) is 9.59 Å². The van der Waals surface area contributed by atoms with Gasteiger partial charge in [0.25, 0.3) is 0 Å². The zero-order valence-corrected chi connectivity index (χ0v) is 14.2. The molecule has 1 atom stereocenters. The van der Waals surface area contributed by atoms with Gasteiger partial charge >= 0.3 is 0 Å². The number of benzene rings is 3. The van der Waals surface area contributed by atoms with Gasteiger partial charge in [-0.1, -0.05) is 30.3 Å². The van der Waals surface area contributed by atoms with Gasteiger partial charge < -0.3 is 5.73 Å². The van der Waals surface area contributed by atoms with E-state index in [-0.39, 0.29) is 18.2 Å². The fourth-order valence-corrected chi connectivity index (χ4v) is 4.05. The Morgan fingerprint density at radius 2 is 1.64 bits per heavy atom. The lowest BCUT2D eigenvalue weighted by atomic mass is 10.1. The molecule has 1 heterocycles. The molecule has 5 heteroatoms. The third-order valence-electron chi connectivity index (χ3n) is 4.25. The standard InChI is InChI=1S/C20H16N2O2S/c21-15-6-9-17(10-7-15)25-18-12-19(23)22(20(18)24)16-8-5-13-3-1-2-4-14(13)11-16/h1-11,18H,12,21H2. The van der Waals surface area contributed by atoms with Crippen LogP contribution in [-0.2, 0) is 9.59 Å². The zero-order chi connectivity index (χ0) is 17.4. The van der Waals surface area contributed by atoms with E-state index in [0.29, 0.717) is 11.4 Å². The lowest BCUT2D eigenvalue weighted by Gasteiger charge is -2.15. The summed E-state index contributed by atoms with van der Waals surface area (Å²) >= 11 is 1.41. The second-order valence-electron chi connectivity index (χ2n) is 5.98. The number of anilines is 2. The van der Waals surface area contributed by atoms with Crippen LogP contribution >= 0.6 is 11.8 Å². The first-order chi connectivity index (χ1) is 12.1. The molecule has 1 aliphatic rings. The minimum atomic E-state index is -0.400. The molecule has 4 rings (SSSR count). The maximum atomic E-state index is 12.8. The molecule has 2 amide bonds. The highest BCUT2D eigenvalue weighted by atomic mass is 32.2. The molecule has 0 aliphatic carbocycles. The van der Waals surface area contributed by atoms with Crippen molar-refractivity contribution in [3.05, 3.63) is 66.7 Å². The number of carbonyl (C=O) groups excluding carboxylic acids is 2. The summed E-state index contributed by atoms with van der Waals surface area (Å²) < 4.78 is 0. The smallest absolute Gasteiger partial charge is 0.247 e. The SMILES string of the molecule is Nc1ccc(SC2CC(=O)N(c3ccc4ccccc4c3)C2=O)cc1. The number of nitrogens with zero attached hydrogens (tertiary/aromatic N) is 1. The highest BCUT2D eigenvalue weighted by Crippen LogP contribution is 2.35. The van der Waals surface area contributed by atoms with E-state index in [2.05, 4.69) is 0 Å². The van der Waals surface area contributed by atoms with E-state index in [1.165, 1.54) is 16.7 Å². The largest absolute Gasteiger partial charge is 0.399 e. The van der Waals surface area contributed by atoms with Crippen LogP contribution in [0.3, 0.4) is 0 Å². The topological polar surface area (TPSA) is 63.4 Å². The molecule has 0 aromatic heterocycles. The predicted octanol–water partition coefficient (Wildman–Crippen LogP) is 3.85. The van der Waals surface area contributed by atoms with Gasteiger partial charge in [-0.05, 0) is 47.2 Å². The maximum Gasteiger partial charge on any atom is 0.247 e. The van der Waals surface area contributed by atoms with Gasteiger partial charge in [-0.25, -0.2) is 4.90 Å². The van der Waals surface area contributed by atoms with Crippen LogP contribution in [-0.4, -0.2) is 17.1 Å². The van der Waals surface area contributed by atoms with Gasteiger partial charge in [0, 0.05) is 17.0 Å². The third kappa shape index (κ3) is 2.98. The monoisotopic (exact) mass is 348 g/mol. The van der Waals surface area contributed by atoms with Crippen LogP contribution in [0.5, 0.6) is 0 Å². The molecule has 0 bridgehead atoms. The molecule has 25 heavy (non-hydrogen) atoms. The first-order valence-corrected chi connectivity index (χ1v) is 8.87. The van der Waals surface area contributed by atoms with Crippen molar-refractivity contribution in [1.82, 2.24) is 0 Å². The van der Waals surface area contributed by atoms with Gasteiger partial charge in [-0.3, -0.25) is 9.59 Å². The van der Waals surface area contributed by atoms with Gasteiger partial charge in [0.2, 0.25) is 11.8 Å². The van der Waals surface area contributed by atoms with Crippen molar-refractivity contribution < 1.29 is 9.59 Å². The second kappa shape index (κ2) is 6.26. The van der Waals surface area contributed by atoms with Crippen LogP contribution in [0.15, 0.2) is 71.6 Å². The van der Waals surface area contributed by atoms with Gasteiger partial charge in [0.1, 0.15) is 0 Å². The molecule has 1 unspecified atom stereocenters. The van der Waals surface area contributed by atoms with Crippen LogP contribution in [0.2, 0.25) is 0 Å². The summed E-state index contributed by atoms with van der Waals surface area (Å²) in [5.74, 6) is -0.324. The zero-order valence-electron chi connectivity index (χ0n) is 13.4. The molecule has 2 N–H and O–H groups in total. The number of carbonyl (C=O) groups is 2. The van der Waals surface area contributed by atoms with E-state index < -0.39 is 5.25 Å². The Labute approximate surface area is 149 Å². The van der Waals surface area contributed by atoms with Crippen LogP contribution in [0, 0.1) is 0 Å². The highest BCUT2D eigenvalue weighted by molar-refractivity contribution is 8.00. The molecular formula is C20H16N2O2S. The number of nitrogens with two attached hydrogens (primary N) is 1. The third-order valence-corrected chi connectivity index (χ3v) is 5.45. The van der Waals surface area contributed by atoms with E-state index in [1.807, 2.05) is 54.6 Å². The van der Waals surface area contributed by atoms with E-state index >= 15 is 0 Å². The van der Waals surface area contributed by atoms with Crippen molar-refractivity contribution in [2.75, 3.05) is 10.6 Å². The quantitative estimate of drug-likeness (QED) is 0.577. The number of hydrogen-bond donors (Lipinski definition) is 1. The van der Waals surface area contributed by atoms with Crippen LogP contribution in [0.4, 0.5) is 11.4 Å². The van der Waals surface area contributed by atoms with E-state index in [0.717, 1.165) is 15.7 Å². The molecule has 0 spiro atoms. The molecule has 0 saturated carbocycles. The van der Waals surface area contributed by atoms with Gasteiger partial charge in [0.05, 0.1) is 10.9 Å². The summed E-state index contributed by atoms with van der Waals surface area (Å²) in [6.07, 6.45) is 0.209. The van der Waals surface area contributed by atoms with Crippen molar-refractivity contribution in [2.45, 2.75) is 16.6 Å². The number of imide groups is 1. The summed E-state index contributed by atoms with van der Waals surface area (Å²) in [5.41, 5.74) is 7.00. The molecule has 3 aromatic carbocycles. The number of hydrogen-bond acceptors (Lipinski definition) is 4. The highest BCUT2D eigenvalue weighted by Gasteiger charge is 2.40. The summed E-state index contributed by atoms with van der Waals surface area (Å²) in [4.78, 5) is 27.5. The Morgan fingerprint density at radius 1 is 0.920 bits per heavy atom. The molecule has 1 fully saturated rings. The van der Waals surface area contributed by atoms with Crippen molar-refractivity contribution in [2.24, 2.45) is 0 Å². The van der Waals surface area contributed by atoms with Gasteiger partial charge in [-0.2, -0.15) is 0 Å². The molecule has 1 saturated heterocycles. The van der Waals surface area contributed by atoms with Crippen molar-refractivity contribution in [1.29, 1.82) is 0 Å². The number of rotatable bonds is 3. The van der Waals surface area contributed by atoms with E-state index in [1.54, 1.807) is 12.1 Å². The van der Waals surface area contributed by atoms with Crippen LogP contribution < -0.4 is 10.6 Å². The summed E-state index contributed by atoms with van der Waals surface area (Å²) in [6, 6.07) is 20.9. The Hall–Kier alpha value is -2.79. The predicted molar refractivity (Wildman–Crippen MR) is 102 cm³/mol. The number of thioether (sulfide) groups is 1. The lowest BCUT2D eigenvalue weighted by Crippen LogP contribution is -2.31. The molecule has 124 valence electrons. The number of amides is 2. The summed E-state index contributed by atoms with van der Waals surface area (Å²) in [6.45, 7) is 0. The Kier molecular flexibility index (Phi) is 3.93. The molecule has 0 radical (unpaired) electrons. The molecule has 3 aromatic rings. The average molecular weight is 348 g/mol. The summed E-state index contributed by atoms with van der Waals surface area (Å²) in [5, 5.41) is 1.69.